The molecule has 108 valence electrons. The van der Waals surface area contributed by atoms with Crippen LogP contribution in [0.3, 0.4) is 0 Å². The van der Waals surface area contributed by atoms with Crippen molar-refractivity contribution < 1.29 is 10.2 Å². The second-order valence-electron chi connectivity index (χ2n) is 4.60. The van der Waals surface area contributed by atoms with E-state index < -0.39 is 6.10 Å². The van der Waals surface area contributed by atoms with Gasteiger partial charge in [0.15, 0.2) is 0 Å². The number of thiophene rings is 1. The zero-order valence-corrected chi connectivity index (χ0v) is 13.5. The third-order valence-electron chi connectivity index (χ3n) is 3.02. The second-order valence-corrected chi connectivity index (χ2v) is 7.10. The number of nitrogens with zero attached hydrogens (tertiary/aromatic N) is 1. The van der Waals surface area contributed by atoms with E-state index in [9.17, 15) is 10.2 Å². The molecule has 0 aliphatic heterocycles. The van der Waals surface area contributed by atoms with Crippen LogP contribution >= 0.6 is 27.3 Å². The van der Waals surface area contributed by atoms with Gasteiger partial charge in [-0.05, 0) is 33.6 Å². The molecule has 5 heteroatoms. The lowest BCUT2D eigenvalue weighted by molar-refractivity contribution is 0.0979. The van der Waals surface area contributed by atoms with Crippen molar-refractivity contribution in [3.63, 3.8) is 0 Å². The molecule has 0 bridgehead atoms. The van der Waals surface area contributed by atoms with E-state index in [-0.39, 0.29) is 6.61 Å². The maximum Gasteiger partial charge on any atom is 0.101 e. The zero-order valence-electron chi connectivity index (χ0n) is 11.1. The van der Waals surface area contributed by atoms with E-state index in [4.69, 9.17) is 0 Å². The van der Waals surface area contributed by atoms with E-state index >= 15 is 0 Å². The molecule has 20 heavy (non-hydrogen) atoms. The molecule has 0 radical (unpaired) electrons. The second kappa shape index (κ2) is 7.90. The van der Waals surface area contributed by atoms with E-state index in [1.54, 1.807) is 0 Å². The van der Waals surface area contributed by atoms with Gasteiger partial charge < -0.3 is 10.2 Å². The Balaban J connectivity index is 1.98. The van der Waals surface area contributed by atoms with Gasteiger partial charge in [0.05, 0.1) is 10.4 Å². The highest BCUT2D eigenvalue weighted by molar-refractivity contribution is 9.11. The van der Waals surface area contributed by atoms with Crippen molar-refractivity contribution in [1.29, 1.82) is 0 Å². The van der Waals surface area contributed by atoms with E-state index in [0.717, 1.165) is 15.2 Å². The SMILES string of the molecule is OCCN(Cc1ccccc1)CC(O)c1ccc(Br)s1. The fourth-order valence-corrected chi connectivity index (χ4v) is 3.46. The Kier molecular flexibility index (Phi) is 6.19. The maximum absolute atomic E-state index is 10.3. The minimum atomic E-state index is -0.526. The number of aliphatic hydroxyl groups excluding tert-OH is 2. The lowest BCUT2D eigenvalue weighted by Gasteiger charge is -2.24. The molecule has 2 aromatic rings. The molecular weight excluding hydrogens is 338 g/mol. The topological polar surface area (TPSA) is 43.7 Å². The monoisotopic (exact) mass is 355 g/mol. The van der Waals surface area contributed by atoms with E-state index in [0.29, 0.717) is 13.1 Å². The summed E-state index contributed by atoms with van der Waals surface area (Å²) in [5.41, 5.74) is 1.18. The quantitative estimate of drug-likeness (QED) is 0.802. The summed E-state index contributed by atoms with van der Waals surface area (Å²) in [6.45, 7) is 1.89. The summed E-state index contributed by atoms with van der Waals surface area (Å²) in [5, 5.41) is 19.4. The first kappa shape index (κ1) is 15.7. The van der Waals surface area contributed by atoms with Crippen LogP contribution in [0.5, 0.6) is 0 Å². The lowest BCUT2D eigenvalue weighted by Crippen LogP contribution is -2.30. The molecule has 0 saturated carbocycles. The predicted molar refractivity (Wildman–Crippen MR) is 85.8 cm³/mol. The highest BCUT2D eigenvalue weighted by atomic mass is 79.9. The summed E-state index contributed by atoms with van der Waals surface area (Å²) in [6, 6.07) is 14.0. The van der Waals surface area contributed by atoms with Crippen molar-refractivity contribution in [2.45, 2.75) is 12.6 Å². The van der Waals surface area contributed by atoms with Crippen molar-refractivity contribution >= 4 is 27.3 Å². The molecule has 0 amide bonds. The van der Waals surface area contributed by atoms with Crippen LogP contribution in [0.1, 0.15) is 16.5 Å². The normalized spacial score (nSPS) is 12.8. The molecular formula is C15H18BrNO2S. The maximum atomic E-state index is 10.3. The van der Waals surface area contributed by atoms with Gasteiger partial charge >= 0.3 is 0 Å². The van der Waals surface area contributed by atoms with Crippen LogP contribution in [0.15, 0.2) is 46.3 Å². The minimum Gasteiger partial charge on any atom is -0.395 e. The smallest absolute Gasteiger partial charge is 0.101 e. The Hall–Kier alpha value is -0.720. The Morgan fingerprint density at radius 2 is 1.90 bits per heavy atom. The molecule has 2 N–H and O–H groups in total. The van der Waals surface area contributed by atoms with Crippen LogP contribution in [0, 0.1) is 0 Å². The summed E-state index contributed by atoms with van der Waals surface area (Å²) in [6.07, 6.45) is -0.526. The molecule has 2 rings (SSSR count). The number of halogens is 1. The van der Waals surface area contributed by atoms with Gasteiger partial charge in [0.2, 0.25) is 0 Å². The molecule has 1 heterocycles. The first-order chi connectivity index (χ1) is 9.69. The molecule has 0 aliphatic carbocycles. The van der Waals surface area contributed by atoms with E-state index in [2.05, 4.69) is 33.0 Å². The van der Waals surface area contributed by atoms with Crippen molar-refractivity contribution in [1.82, 2.24) is 4.90 Å². The van der Waals surface area contributed by atoms with E-state index in [1.165, 1.54) is 16.9 Å². The summed E-state index contributed by atoms with van der Waals surface area (Å²) < 4.78 is 1.02. The first-order valence-corrected chi connectivity index (χ1v) is 8.10. The average Bonchev–Trinajstić information content (AvgIpc) is 2.87. The van der Waals surface area contributed by atoms with E-state index in [1.807, 2.05) is 30.3 Å². The molecule has 0 aliphatic rings. The number of benzene rings is 1. The highest BCUT2D eigenvalue weighted by Crippen LogP contribution is 2.27. The minimum absolute atomic E-state index is 0.0910. The summed E-state index contributed by atoms with van der Waals surface area (Å²) >= 11 is 4.94. The number of hydrogen-bond donors (Lipinski definition) is 2. The van der Waals surface area contributed by atoms with Crippen molar-refractivity contribution in [3.05, 3.63) is 56.7 Å². The van der Waals surface area contributed by atoms with Crippen LogP contribution in [0.2, 0.25) is 0 Å². The molecule has 3 nitrogen and oxygen atoms in total. The van der Waals surface area contributed by atoms with Crippen LogP contribution in [0.4, 0.5) is 0 Å². The fraction of sp³-hybridized carbons (Fsp3) is 0.333. The van der Waals surface area contributed by atoms with Crippen LogP contribution in [-0.4, -0.2) is 34.8 Å². The van der Waals surface area contributed by atoms with Crippen molar-refractivity contribution in [2.24, 2.45) is 0 Å². The predicted octanol–water partition coefficient (Wildman–Crippen LogP) is 3.04. The molecule has 1 aromatic carbocycles. The Bertz CT molecular complexity index is 518. The third-order valence-corrected chi connectivity index (χ3v) is 4.74. The van der Waals surface area contributed by atoms with Gasteiger partial charge in [-0.15, -0.1) is 11.3 Å². The molecule has 0 spiro atoms. The standard InChI is InChI=1S/C15H18BrNO2S/c16-15-7-6-14(20-15)13(19)11-17(8-9-18)10-12-4-2-1-3-5-12/h1-7,13,18-19H,8-11H2. The third kappa shape index (κ3) is 4.68. The highest BCUT2D eigenvalue weighted by Gasteiger charge is 2.15. The van der Waals surface area contributed by atoms with Gasteiger partial charge in [0.25, 0.3) is 0 Å². The number of hydrogen-bond acceptors (Lipinski definition) is 4. The lowest BCUT2D eigenvalue weighted by atomic mass is 10.2. The zero-order chi connectivity index (χ0) is 14.4. The summed E-state index contributed by atoms with van der Waals surface area (Å²) in [7, 11) is 0. The Morgan fingerprint density at radius 1 is 1.15 bits per heavy atom. The van der Waals surface area contributed by atoms with Crippen molar-refractivity contribution in [3.8, 4) is 0 Å². The molecule has 1 aromatic heterocycles. The largest absolute Gasteiger partial charge is 0.395 e. The van der Waals surface area contributed by atoms with Gasteiger partial charge in [-0.25, -0.2) is 0 Å². The van der Waals surface area contributed by atoms with Crippen molar-refractivity contribution in [2.75, 3.05) is 19.7 Å². The molecule has 1 atom stereocenters. The molecule has 0 fully saturated rings. The molecule has 1 unspecified atom stereocenters. The van der Waals surface area contributed by atoms with Crippen LogP contribution < -0.4 is 0 Å². The van der Waals surface area contributed by atoms with Gasteiger partial charge in [-0.3, -0.25) is 4.90 Å². The molecule has 0 saturated heterocycles. The fourth-order valence-electron chi connectivity index (χ4n) is 2.06. The van der Waals surface area contributed by atoms with Gasteiger partial charge in [-0.1, -0.05) is 30.3 Å². The van der Waals surface area contributed by atoms with Gasteiger partial charge in [0, 0.05) is 24.5 Å². The van der Waals surface area contributed by atoms with Gasteiger partial charge in [-0.2, -0.15) is 0 Å². The first-order valence-electron chi connectivity index (χ1n) is 6.49. The average molecular weight is 356 g/mol. The summed E-state index contributed by atoms with van der Waals surface area (Å²) in [5.74, 6) is 0. The van der Waals surface area contributed by atoms with Crippen LogP contribution in [0.25, 0.3) is 0 Å². The number of aliphatic hydroxyl groups is 2. The Morgan fingerprint density at radius 3 is 2.50 bits per heavy atom. The van der Waals surface area contributed by atoms with Gasteiger partial charge in [0.1, 0.15) is 6.10 Å². The Labute approximate surface area is 131 Å². The summed E-state index contributed by atoms with van der Waals surface area (Å²) in [4.78, 5) is 3.00. The van der Waals surface area contributed by atoms with Crippen LogP contribution in [-0.2, 0) is 6.54 Å². The number of rotatable bonds is 7.